The zero-order chi connectivity index (χ0) is 11.4. The van der Waals surface area contributed by atoms with E-state index in [1.54, 1.807) is 12.5 Å². The van der Waals surface area contributed by atoms with Crippen molar-refractivity contribution in [3.63, 3.8) is 0 Å². The molecule has 1 rings (SSSR count). The van der Waals surface area contributed by atoms with Crippen LogP contribution in [0.1, 0.15) is 45.5 Å². The summed E-state index contributed by atoms with van der Waals surface area (Å²) in [7, 11) is 0. The Hall–Kier alpha value is -1.34. The van der Waals surface area contributed by atoms with Crippen molar-refractivity contribution < 1.29 is 0 Å². The maximum absolute atomic E-state index is 9.10. The van der Waals surface area contributed by atoms with Gasteiger partial charge in [-0.1, -0.05) is 0 Å². The zero-order valence-electron chi connectivity index (χ0n) is 9.73. The van der Waals surface area contributed by atoms with Crippen molar-refractivity contribution in [2.75, 3.05) is 0 Å². The van der Waals surface area contributed by atoms with E-state index in [1.807, 2.05) is 18.4 Å². The van der Waals surface area contributed by atoms with Gasteiger partial charge in [-0.15, -0.1) is 0 Å². The Balaban J connectivity index is 2.92. The smallest absolute Gasteiger partial charge is 0.138 e. The molecule has 0 aliphatic rings. The second-order valence-corrected chi connectivity index (χ2v) is 4.20. The molecule has 1 atom stereocenters. The van der Waals surface area contributed by atoms with Crippen LogP contribution >= 0.6 is 0 Å². The summed E-state index contributed by atoms with van der Waals surface area (Å²) in [5.74, 6) is 0. The second-order valence-electron chi connectivity index (χ2n) is 4.20. The summed E-state index contributed by atoms with van der Waals surface area (Å²) in [5.41, 5.74) is 0.932. The highest BCUT2D eigenvalue weighted by Gasteiger charge is 2.17. The third-order valence-electron chi connectivity index (χ3n) is 2.18. The maximum atomic E-state index is 9.10. The molecule has 1 N–H and O–H groups in total. The van der Waals surface area contributed by atoms with E-state index >= 15 is 0 Å². The minimum atomic E-state index is -0.283. The van der Waals surface area contributed by atoms with Crippen LogP contribution in [0.2, 0.25) is 0 Å². The van der Waals surface area contributed by atoms with E-state index in [0.29, 0.717) is 6.04 Å². The van der Waals surface area contributed by atoms with E-state index in [0.717, 1.165) is 5.69 Å². The van der Waals surface area contributed by atoms with Gasteiger partial charge in [0.1, 0.15) is 6.04 Å². The van der Waals surface area contributed by atoms with Crippen LogP contribution < -0.4 is 5.32 Å². The van der Waals surface area contributed by atoms with Crippen LogP contribution in [-0.2, 0) is 0 Å². The molecule has 0 radical (unpaired) electrons. The van der Waals surface area contributed by atoms with Gasteiger partial charge in [0, 0.05) is 12.1 Å². The number of aromatic nitrogens is 2. The van der Waals surface area contributed by atoms with Crippen molar-refractivity contribution in [1.29, 1.82) is 5.26 Å². The summed E-state index contributed by atoms with van der Waals surface area (Å²) >= 11 is 0. The molecule has 1 unspecified atom stereocenters. The standard InChI is InChI=1S/C11H18N4/c1-8(2)14-10(5-12)11-6-13-7-15(11)9(3)4/h6-10,14H,1-4H3. The van der Waals surface area contributed by atoms with Crippen LogP contribution in [0.5, 0.6) is 0 Å². The Bertz CT molecular complexity index is 346. The molecule has 0 saturated carbocycles. The van der Waals surface area contributed by atoms with Crippen LogP contribution in [0.3, 0.4) is 0 Å². The fourth-order valence-corrected chi connectivity index (χ4v) is 1.49. The highest BCUT2D eigenvalue weighted by Crippen LogP contribution is 2.16. The number of nitriles is 1. The normalized spacial score (nSPS) is 13.1. The number of nitrogens with zero attached hydrogens (tertiary/aromatic N) is 3. The Morgan fingerprint density at radius 3 is 2.53 bits per heavy atom. The summed E-state index contributed by atoms with van der Waals surface area (Å²) in [6.45, 7) is 8.21. The number of imidazole rings is 1. The molecule has 1 heterocycles. The molecule has 1 aromatic heterocycles. The molecule has 15 heavy (non-hydrogen) atoms. The molecule has 0 amide bonds. The first-order valence-corrected chi connectivity index (χ1v) is 5.23. The lowest BCUT2D eigenvalue weighted by Gasteiger charge is -2.18. The maximum Gasteiger partial charge on any atom is 0.138 e. The van der Waals surface area contributed by atoms with Gasteiger partial charge < -0.3 is 4.57 Å². The van der Waals surface area contributed by atoms with Crippen molar-refractivity contribution in [1.82, 2.24) is 14.9 Å². The summed E-state index contributed by atoms with van der Waals surface area (Å²) in [5, 5.41) is 12.3. The molecular weight excluding hydrogens is 188 g/mol. The predicted octanol–water partition coefficient (Wildman–Crippen LogP) is 2.03. The summed E-state index contributed by atoms with van der Waals surface area (Å²) in [6.07, 6.45) is 3.52. The second kappa shape index (κ2) is 4.94. The average Bonchev–Trinajstić information content (AvgIpc) is 2.62. The van der Waals surface area contributed by atoms with E-state index in [9.17, 15) is 0 Å². The molecule has 0 spiro atoms. The Morgan fingerprint density at radius 2 is 2.07 bits per heavy atom. The Kier molecular flexibility index (Phi) is 3.87. The Morgan fingerprint density at radius 1 is 1.40 bits per heavy atom. The molecule has 4 nitrogen and oxygen atoms in total. The van der Waals surface area contributed by atoms with E-state index < -0.39 is 0 Å². The molecule has 0 saturated heterocycles. The van der Waals surface area contributed by atoms with E-state index in [2.05, 4.69) is 30.2 Å². The first kappa shape index (κ1) is 11.7. The van der Waals surface area contributed by atoms with Gasteiger partial charge in [0.2, 0.25) is 0 Å². The highest BCUT2D eigenvalue weighted by atomic mass is 15.1. The largest absolute Gasteiger partial charge is 0.330 e. The molecule has 0 bridgehead atoms. The molecule has 0 aromatic carbocycles. The SMILES string of the molecule is CC(C)NC(C#N)c1cncn1C(C)C. The quantitative estimate of drug-likeness (QED) is 0.820. The van der Waals surface area contributed by atoms with Crippen molar-refractivity contribution >= 4 is 0 Å². The van der Waals surface area contributed by atoms with Crippen LogP contribution in [0.25, 0.3) is 0 Å². The monoisotopic (exact) mass is 206 g/mol. The lowest BCUT2D eigenvalue weighted by Crippen LogP contribution is -2.28. The molecule has 0 fully saturated rings. The first-order chi connectivity index (χ1) is 7.06. The zero-order valence-corrected chi connectivity index (χ0v) is 9.73. The topological polar surface area (TPSA) is 53.6 Å². The number of nitrogens with one attached hydrogen (secondary N) is 1. The molecule has 4 heteroatoms. The average molecular weight is 206 g/mol. The highest BCUT2D eigenvalue weighted by molar-refractivity contribution is 5.14. The van der Waals surface area contributed by atoms with Crippen LogP contribution in [-0.4, -0.2) is 15.6 Å². The molecule has 1 aromatic rings. The van der Waals surface area contributed by atoms with Crippen LogP contribution in [0.4, 0.5) is 0 Å². The van der Waals surface area contributed by atoms with E-state index in [-0.39, 0.29) is 12.1 Å². The van der Waals surface area contributed by atoms with E-state index in [1.165, 1.54) is 0 Å². The van der Waals surface area contributed by atoms with Gasteiger partial charge in [-0.25, -0.2) is 4.98 Å². The van der Waals surface area contributed by atoms with Crippen molar-refractivity contribution in [2.45, 2.75) is 45.8 Å². The van der Waals surface area contributed by atoms with Crippen molar-refractivity contribution in [3.05, 3.63) is 18.2 Å². The number of rotatable bonds is 4. The number of hydrogen-bond acceptors (Lipinski definition) is 3. The lowest BCUT2D eigenvalue weighted by atomic mass is 10.2. The van der Waals surface area contributed by atoms with Gasteiger partial charge in [0.05, 0.1) is 24.3 Å². The van der Waals surface area contributed by atoms with Gasteiger partial charge in [0.15, 0.2) is 0 Å². The third kappa shape index (κ3) is 2.80. The predicted molar refractivity (Wildman–Crippen MR) is 59.2 cm³/mol. The molecule has 0 aliphatic heterocycles. The molecule has 82 valence electrons. The van der Waals surface area contributed by atoms with Gasteiger partial charge in [-0.3, -0.25) is 5.32 Å². The van der Waals surface area contributed by atoms with Gasteiger partial charge in [-0.05, 0) is 27.7 Å². The third-order valence-corrected chi connectivity index (χ3v) is 2.18. The van der Waals surface area contributed by atoms with Gasteiger partial charge >= 0.3 is 0 Å². The summed E-state index contributed by atoms with van der Waals surface area (Å²) in [4.78, 5) is 4.09. The summed E-state index contributed by atoms with van der Waals surface area (Å²) in [6, 6.07) is 2.59. The summed E-state index contributed by atoms with van der Waals surface area (Å²) < 4.78 is 2.02. The fourth-order valence-electron chi connectivity index (χ4n) is 1.49. The minimum Gasteiger partial charge on any atom is -0.330 e. The van der Waals surface area contributed by atoms with Gasteiger partial charge in [0.25, 0.3) is 0 Å². The van der Waals surface area contributed by atoms with Gasteiger partial charge in [-0.2, -0.15) is 5.26 Å². The van der Waals surface area contributed by atoms with Crippen LogP contribution in [0.15, 0.2) is 12.5 Å². The Labute approximate surface area is 90.9 Å². The van der Waals surface area contributed by atoms with E-state index in [4.69, 9.17) is 5.26 Å². The van der Waals surface area contributed by atoms with Crippen LogP contribution in [0, 0.1) is 11.3 Å². The fraction of sp³-hybridized carbons (Fsp3) is 0.636. The van der Waals surface area contributed by atoms with Crippen molar-refractivity contribution in [2.24, 2.45) is 0 Å². The molecule has 0 aliphatic carbocycles. The lowest BCUT2D eigenvalue weighted by molar-refractivity contribution is 0.493. The first-order valence-electron chi connectivity index (χ1n) is 5.23. The molecular formula is C11H18N4. The van der Waals surface area contributed by atoms with Crippen molar-refractivity contribution in [3.8, 4) is 6.07 Å². The minimum absolute atomic E-state index is 0.283. The number of hydrogen-bond donors (Lipinski definition) is 1.